The molecule has 1 saturated carbocycles. The Kier molecular flexibility index (Phi) is 5.89. The average molecular weight is 430 g/mol. The largest absolute Gasteiger partial charge is 0.434 e. The van der Waals surface area contributed by atoms with Crippen LogP contribution in [-0.4, -0.2) is 27.4 Å². The van der Waals surface area contributed by atoms with E-state index in [-0.39, 0.29) is 23.6 Å². The first kappa shape index (κ1) is 21.2. The molecule has 0 radical (unpaired) electrons. The van der Waals surface area contributed by atoms with Gasteiger partial charge in [-0.2, -0.15) is 13.2 Å². The van der Waals surface area contributed by atoms with Gasteiger partial charge in [0.05, 0.1) is 0 Å². The van der Waals surface area contributed by atoms with Crippen molar-refractivity contribution < 1.29 is 18.0 Å². The maximum Gasteiger partial charge on any atom is 0.434 e. The fourth-order valence-corrected chi connectivity index (χ4v) is 4.06. The predicted octanol–water partition coefficient (Wildman–Crippen LogP) is 5.07. The van der Waals surface area contributed by atoms with E-state index in [1.54, 1.807) is 18.2 Å². The molecule has 1 fully saturated rings. The van der Waals surface area contributed by atoms with Gasteiger partial charge >= 0.3 is 6.18 Å². The smallest absolute Gasteiger partial charge is 0.368 e. The minimum Gasteiger partial charge on any atom is -0.368 e. The summed E-state index contributed by atoms with van der Waals surface area (Å²) in [6.45, 7) is 2.06. The number of pyridine rings is 1. The van der Waals surface area contributed by atoms with E-state index in [1.165, 1.54) is 4.40 Å². The van der Waals surface area contributed by atoms with E-state index in [0.29, 0.717) is 11.4 Å². The van der Waals surface area contributed by atoms with Crippen molar-refractivity contribution in [2.24, 2.45) is 0 Å². The molecule has 0 spiro atoms. The third-order valence-electron chi connectivity index (χ3n) is 5.79. The highest BCUT2D eigenvalue weighted by molar-refractivity contribution is 5.94. The molecule has 5 nitrogen and oxygen atoms in total. The van der Waals surface area contributed by atoms with Crippen LogP contribution in [0.4, 0.5) is 19.0 Å². The summed E-state index contributed by atoms with van der Waals surface area (Å²) in [6, 6.07) is 12.9. The first-order valence-electron chi connectivity index (χ1n) is 10.5. The Morgan fingerprint density at radius 3 is 2.52 bits per heavy atom. The molecule has 1 aromatic carbocycles. The summed E-state index contributed by atoms with van der Waals surface area (Å²) in [7, 11) is 0. The van der Waals surface area contributed by atoms with Crippen LogP contribution >= 0.6 is 0 Å². The number of halogens is 3. The van der Waals surface area contributed by atoms with Crippen LogP contribution in [0, 0.1) is 0 Å². The summed E-state index contributed by atoms with van der Waals surface area (Å²) in [5, 5.41) is 6.47. The van der Waals surface area contributed by atoms with Gasteiger partial charge in [-0.15, -0.1) is 0 Å². The number of benzene rings is 1. The van der Waals surface area contributed by atoms with Gasteiger partial charge < -0.3 is 10.6 Å². The van der Waals surface area contributed by atoms with Crippen LogP contribution < -0.4 is 10.6 Å². The second-order valence-electron chi connectivity index (χ2n) is 7.98. The maximum atomic E-state index is 13.0. The molecule has 1 aliphatic carbocycles. The van der Waals surface area contributed by atoms with Crippen LogP contribution in [0.1, 0.15) is 54.2 Å². The lowest BCUT2D eigenvalue weighted by Crippen LogP contribution is -2.40. The normalized spacial score (nSPS) is 19.4. The van der Waals surface area contributed by atoms with Crippen LogP contribution in [0.5, 0.6) is 0 Å². The number of fused-ring (bicyclic) bond motifs is 1. The van der Waals surface area contributed by atoms with Crippen LogP contribution in [-0.2, 0) is 12.6 Å². The van der Waals surface area contributed by atoms with E-state index >= 15 is 0 Å². The molecule has 2 heterocycles. The Morgan fingerprint density at radius 2 is 1.81 bits per heavy atom. The molecule has 3 aromatic rings. The summed E-state index contributed by atoms with van der Waals surface area (Å²) in [6.07, 6.45) is 0.680. The molecule has 164 valence electrons. The quantitative estimate of drug-likeness (QED) is 0.594. The number of aromatic nitrogens is 2. The number of amides is 1. The molecule has 2 N–H and O–H groups in total. The van der Waals surface area contributed by atoms with Crippen LogP contribution in [0.2, 0.25) is 0 Å². The standard InChI is InChI=1S/C23H25F3N4O/c1-2-15-5-3-6-16(13-15)22(31)28-18-11-9-17(10-12-18)27-20-7-4-8-21-29-19(14-30(20)21)23(24,25)26/h3-8,13-14,17-18,27H,2,9-12H2,1H3,(H,28,31)/t17-,18+. The molecule has 1 aliphatic rings. The Morgan fingerprint density at radius 1 is 1.10 bits per heavy atom. The number of hydrogen-bond acceptors (Lipinski definition) is 3. The third-order valence-corrected chi connectivity index (χ3v) is 5.79. The fraction of sp³-hybridized carbons (Fsp3) is 0.391. The second-order valence-corrected chi connectivity index (χ2v) is 7.98. The number of carbonyl (C=O) groups is 1. The van der Waals surface area contributed by atoms with Crippen molar-refractivity contribution >= 4 is 17.4 Å². The number of imidazole rings is 1. The molecule has 0 bridgehead atoms. The summed E-state index contributed by atoms with van der Waals surface area (Å²) in [5.41, 5.74) is 1.16. The van der Waals surface area contributed by atoms with Crippen LogP contribution in [0.15, 0.2) is 48.7 Å². The van der Waals surface area contributed by atoms with E-state index in [2.05, 4.69) is 22.5 Å². The molecule has 1 amide bonds. The van der Waals surface area contributed by atoms with E-state index in [1.807, 2.05) is 24.3 Å². The molecule has 31 heavy (non-hydrogen) atoms. The number of nitrogens with one attached hydrogen (secondary N) is 2. The van der Waals surface area contributed by atoms with Crippen molar-refractivity contribution in [3.63, 3.8) is 0 Å². The van der Waals surface area contributed by atoms with Gasteiger partial charge in [0, 0.05) is 23.8 Å². The SMILES string of the molecule is CCc1cccc(C(=O)N[C@H]2CC[C@@H](Nc3cccc4nc(C(F)(F)F)cn34)CC2)c1. The Balaban J connectivity index is 1.36. The van der Waals surface area contributed by atoms with Gasteiger partial charge in [0.25, 0.3) is 5.91 Å². The van der Waals surface area contributed by atoms with Crippen LogP contribution in [0.3, 0.4) is 0 Å². The topological polar surface area (TPSA) is 58.4 Å². The second kappa shape index (κ2) is 8.61. The summed E-state index contributed by atoms with van der Waals surface area (Å²) < 4.78 is 40.4. The first-order chi connectivity index (χ1) is 14.8. The van der Waals surface area contributed by atoms with E-state index in [0.717, 1.165) is 43.9 Å². The highest BCUT2D eigenvalue weighted by atomic mass is 19.4. The number of hydrogen-bond donors (Lipinski definition) is 2. The highest BCUT2D eigenvalue weighted by Crippen LogP contribution is 2.30. The summed E-state index contributed by atoms with van der Waals surface area (Å²) >= 11 is 0. The molecule has 4 rings (SSSR count). The summed E-state index contributed by atoms with van der Waals surface area (Å²) in [4.78, 5) is 16.2. The van der Waals surface area contributed by atoms with Gasteiger partial charge in [-0.1, -0.05) is 25.1 Å². The zero-order valence-corrected chi connectivity index (χ0v) is 17.2. The predicted molar refractivity (Wildman–Crippen MR) is 113 cm³/mol. The van der Waals surface area contributed by atoms with E-state index < -0.39 is 11.9 Å². The Labute approximate surface area is 178 Å². The van der Waals surface area contributed by atoms with Gasteiger partial charge in [-0.25, -0.2) is 4.98 Å². The van der Waals surface area contributed by atoms with Gasteiger partial charge in [0.15, 0.2) is 5.69 Å². The van der Waals surface area contributed by atoms with E-state index in [4.69, 9.17) is 0 Å². The van der Waals surface area contributed by atoms with Crippen LogP contribution in [0.25, 0.3) is 5.65 Å². The van der Waals surface area contributed by atoms with Crippen molar-refractivity contribution in [2.45, 2.75) is 57.3 Å². The molecular weight excluding hydrogens is 405 g/mol. The van der Waals surface area contributed by atoms with Crippen molar-refractivity contribution in [3.8, 4) is 0 Å². The number of alkyl halides is 3. The molecule has 0 unspecified atom stereocenters. The fourth-order valence-electron chi connectivity index (χ4n) is 4.06. The Bertz CT molecular complexity index is 1070. The van der Waals surface area contributed by atoms with Crippen molar-refractivity contribution in [2.75, 3.05) is 5.32 Å². The zero-order valence-electron chi connectivity index (χ0n) is 17.2. The number of rotatable bonds is 5. The van der Waals surface area contributed by atoms with Gasteiger partial charge in [-0.3, -0.25) is 9.20 Å². The van der Waals surface area contributed by atoms with Gasteiger partial charge in [0.1, 0.15) is 11.5 Å². The number of nitrogens with zero attached hydrogens (tertiary/aromatic N) is 2. The van der Waals surface area contributed by atoms with Crippen molar-refractivity contribution in [1.82, 2.24) is 14.7 Å². The molecule has 2 aromatic heterocycles. The number of aryl methyl sites for hydroxylation is 1. The monoisotopic (exact) mass is 430 g/mol. The maximum absolute atomic E-state index is 13.0. The van der Waals surface area contributed by atoms with Crippen molar-refractivity contribution in [1.29, 1.82) is 0 Å². The third kappa shape index (κ3) is 4.84. The molecule has 0 saturated heterocycles. The van der Waals surface area contributed by atoms with Crippen molar-refractivity contribution in [3.05, 3.63) is 65.5 Å². The van der Waals surface area contributed by atoms with E-state index in [9.17, 15) is 18.0 Å². The molecule has 8 heteroatoms. The minimum atomic E-state index is -4.48. The number of carbonyl (C=O) groups excluding carboxylic acids is 1. The lowest BCUT2D eigenvalue weighted by Gasteiger charge is -2.30. The molecule has 0 atom stereocenters. The van der Waals surface area contributed by atoms with Gasteiger partial charge in [0.2, 0.25) is 0 Å². The highest BCUT2D eigenvalue weighted by Gasteiger charge is 2.34. The molecule has 0 aliphatic heterocycles. The lowest BCUT2D eigenvalue weighted by molar-refractivity contribution is -0.140. The average Bonchev–Trinajstić information content (AvgIpc) is 3.21. The minimum absolute atomic E-state index is 0.0606. The summed E-state index contributed by atoms with van der Waals surface area (Å²) in [5.74, 6) is 0.527. The number of anilines is 1. The first-order valence-corrected chi connectivity index (χ1v) is 10.5. The zero-order chi connectivity index (χ0) is 22.0. The van der Waals surface area contributed by atoms with Gasteiger partial charge in [-0.05, 0) is 61.9 Å². The lowest BCUT2D eigenvalue weighted by atomic mass is 9.91. The molecular formula is C23H25F3N4O. The Hall–Kier alpha value is -3.03.